The van der Waals surface area contributed by atoms with Crippen LogP contribution in [0.3, 0.4) is 0 Å². The van der Waals surface area contributed by atoms with Crippen LogP contribution >= 0.6 is 0 Å². The van der Waals surface area contributed by atoms with Crippen molar-refractivity contribution in [2.45, 2.75) is 39.2 Å². The molecule has 0 spiro atoms. The molecule has 1 aliphatic rings. The van der Waals surface area contributed by atoms with Gasteiger partial charge < -0.3 is 4.90 Å². The van der Waals surface area contributed by atoms with Crippen LogP contribution in [-0.4, -0.2) is 33.7 Å². The number of carbonyl (C=O) groups is 1. The van der Waals surface area contributed by atoms with E-state index in [1.165, 1.54) is 5.56 Å². The van der Waals surface area contributed by atoms with Gasteiger partial charge in [-0.2, -0.15) is 5.10 Å². The smallest absolute Gasteiger partial charge is 0.246 e. The Labute approximate surface area is 108 Å². The molecule has 1 aromatic heterocycles. The molecule has 0 saturated carbocycles. The molecule has 0 bridgehead atoms. The van der Waals surface area contributed by atoms with Crippen LogP contribution < -0.4 is 0 Å². The molecular formula is C14H21N3O. The predicted molar refractivity (Wildman–Crippen MR) is 71.4 cm³/mol. The Morgan fingerprint density at radius 3 is 2.61 bits per heavy atom. The highest BCUT2D eigenvalue weighted by Gasteiger charge is 2.31. The largest absolute Gasteiger partial charge is 0.335 e. The van der Waals surface area contributed by atoms with Crippen LogP contribution in [0.25, 0.3) is 0 Å². The molecule has 1 amide bonds. The van der Waals surface area contributed by atoms with Crippen LogP contribution in [0, 0.1) is 0 Å². The first-order valence-electron chi connectivity index (χ1n) is 6.38. The zero-order chi connectivity index (χ0) is 13.3. The van der Waals surface area contributed by atoms with Gasteiger partial charge in [0.05, 0.1) is 12.2 Å². The van der Waals surface area contributed by atoms with Crippen molar-refractivity contribution in [2.24, 2.45) is 0 Å². The van der Waals surface area contributed by atoms with Gasteiger partial charge in [-0.1, -0.05) is 26.8 Å². The van der Waals surface area contributed by atoms with Gasteiger partial charge in [0.1, 0.15) is 0 Å². The second-order valence-electron chi connectivity index (χ2n) is 5.86. The van der Waals surface area contributed by atoms with E-state index < -0.39 is 0 Å². The number of nitrogens with zero attached hydrogens (tertiary/aromatic N) is 3. The Balaban J connectivity index is 1.97. The van der Waals surface area contributed by atoms with E-state index in [1.807, 2.05) is 22.7 Å². The minimum absolute atomic E-state index is 0.0944. The Bertz CT molecular complexity index is 462. The third-order valence-corrected chi connectivity index (χ3v) is 3.32. The second kappa shape index (κ2) is 4.59. The first-order chi connectivity index (χ1) is 8.41. The van der Waals surface area contributed by atoms with Crippen molar-refractivity contribution in [3.63, 3.8) is 0 Å². The SMILES string of the molecule is C/C=C/C(=O)N1CC(n2cc(C(C)(C)C)cn2)C1. The zero-order valence-electron chi connectivity index (χ0n) is 11.6. The lowest BCUT2D eigenvalue weighted by molar-refractivity contribution is -0.131. The summed E-state index contributed by atoms with van der Waals surface area (Å²) in [4.78, 5) is 13.4. The molecule has 4 nitrogen and oxygen atoms in total. The Morgan fingerprint density at radius 1 is 1.44 bits per heavy atom. The van der Waals surface area contributed by atoms with Gasteiger partial charge in [-0.15, -0.1) is 0 Å². The predicted octanol–water partition coefficient (Wildman–Crippen LogP) is 2.14. The molecule has 0 aliphatic carbocycles. The van der Waals surface area contributed by atoms with E-state index in [4.69, 9.17) is 0 Å². The number of likely N-dealkylation sites (tertiary alicyclic amines) is 1. The summed E-state index contributed by atoms with van der Waals surface area (Å²) in [5.74, 6) is 0.0944. The van der Waals surface area contributed by atoms with Gasteiger partial charge in [-0.3, -0.25) is 9.48 Å². The number of carbonyl (C=O) groups excluding carboxylic acids is 1. The van der Waals surface area contributed by atoms with E-state index in [9.17, 15) is 4.79 Å². The van der Waals surface area contributed by atoms with E-state index in [-0.39, 0.29) is 11.3 Å². The molecule has 1 aliphatic heterocycles. The summed E-state index contributed by atoms with van der Waals surface area (Å²) >= 11 is 0. The van der Waals surface area contributed by atoms with Gasteiger partial charge in [0, 0.05) is 19.3 Å². The maximum absolute atomic E-state index is 11.6. The fourth-order valence-electron chi connectivity index (χ4n) is 1.98. The molecule has 18 heavy (non-hydrogen) atoms. The third kappa shape index (κ3) is 2.47. The minimum Gasteiger partial charge on any atom is -0.335 e. The molecular weight excluding hydrogens is 226 g/mol. The molecule has 0 unspecified atom stereocenters. The normalized spacial score (nSPS) is 17.2. The summed E-state index contributed by atoms with van der Waals surface area (Å²) in [5.41, 5.74) is 1.36. The van der Waals surface area contributed by atoms with Crippen LogP contribution in [0.15, 0.2) is 24.5 Å². The molecule has 0 radical (unpaired) electrons. The number of aromatic nitrogens is 2. The summed E-state index contributed by atoms with van der Waals surface area (Å²) in [5, 5.41) is 4.41. The highest BCUT2D eigenvalue weighted by molar-refractivity contribution is 5.88. The van der Waals surface area contributed by atoms with Gasteiger partial charge in [0.2, 0.25) is 5.91 Å². The van der Waals surface area contributed by atoms with Crippen molar-refractivity contribution in [1.82, 2.24) is 14.7 Å². The summed E-state index contributed by atoms with van der Waals surface area (Å²) in [6, 6.07) is 0.329. The number of hydrogen-bond acceptors (Lipinski definition) is 2. The molecule has 0 atom stereocenters. The first-order valence-corrected chi connectivity index (χ1v) is 6.38. The van der Waals surface area contributed by atoms with Gasteiger partial charge >= 0.3 is 0 Å². The zero-order valence-corrected chi connectivity index (χ0v) is 11.6. The Morgan fingerprint density at radius 2 is 2.11 bits per heavy atom. The molecule has 2 rings (SSSR count). The van der Waals surface area contributed by atoms with E-state index >= 15 is 0 Å². The number of rotatable bonds is 2. The lowest BCUT2D eigenvalue weighted by atomic mass is 9.90. The topological polar surface area (TPSA) is 38.1 Å². The van der Waals surface area contributed by atoms with Crippen molar-refractivity contribution in [3.05, 3.63) is 30.1 Å². The van der Waals surface area contributed by atoms with Gasteiger partial charge in [-0.25, -0.2) is 0 Å². The average Bonchev–Trinajstić information content (AvgIpc) is 2.64. The van der Waals surface area contributed by atoms with Crippen molar-refractivity contribution >= 4 is 5.91 Å². The second-order valence-corrected chi connectivity index (χ2v) is 5.86. The molecule has 1 saturated heterocycles. The average molecular weight is 247 g/mol. The van der Waals surface area contributed by atoms with Crippen molar-refractivity contribution in [2.75, 3.05) is 13.1 Å². The van der Waals surface area contributed by atoms with E-state index in [0.29, 0.717) is 6.04 Å². The maximum Gasteiger partial charge on any atom is 0.246 e. The van der Waals surface area contributed by atoms with Crippen LogP contribution in [0.5, 0.6) is 0 Å². The van der Waals surface area contributed by atoms with Crippen molar-refractivity contribution in [3.8, 4) is 0 Å². The number of hydrogen-bond donors (Lipinski definition) is 0. The molecule has 98 valence electrons. The van der Waals surface area contributed by atoms with E-state index in [2.05, 4.69) is 32.1 Å². The maximum atomic E-state index is 11.6. The number of amides is 1. The standard InChI is InChI=1S/C14H21N3O/c1-5-6-13(18)16-9-12(10-16)17-8-11(7-15-17)14(2,3)4/h5-8,12H,9-10H2,1-4H3/b6-5+. The quantitative estimate of drug-likeness (QED) is 0.751. The summed E-state index contributed by atoms with van der Waals surface area (Å²) in [6.45, 7) is 9.91. The summed E-state index contributed by atoms with van der Waals surface area (Å²) < 4.78 is 1.99. The Kier molecular flexibility index (Phi) is 3.28. The van der Waals surface area contributed by atoms with Gasteiger partial charge in [0.25, 0.3) is 0 Å². The summed E-state index contributed by atoms with van der Waals surface area (Å²) in [7, 11) is 0. The van der Waals surface area contributed by atoms with Gasteiger partial charge in [-0.05, 0) is 24.0 Å². The van der Waals surface area contributed by atoms with Crippen LogP contribution in [0.2, 0.25) is 0 Å². The van der Waals surface area contributed by atoms with Crippen LogP contribution in [0.4, 0.5) is 0 Å². The summed E-state index contributed by atoms with van der Waals surface area (Å²) in [6.07, 6.45) is 7.42. The lowest BCUT2D eigenvalue weighted by Gasteiger charge is -2.38. The molecule has 2 heterocycles. The van der Waals surface area contributed by atoms with E-state index in [1.54, 1.807) is 12.2 Å². The monoisotopic (exact) mass is 247 g/mol. The molecule has 4 heteroatoms. The first kappa shape index (κ1) is 12.9. The van der Waals surface area contributed by atoms with Crippen LogP contribution in [-0.2, 0) is 10.2 Å². The van der Waals surface area contributed by atoms with Crippen molar-refractivity contribution < 1.29 is 4.79 Å². The molecule has 1 fully saturated rings. The fourth-order valence-corrected chi connectivity index (χ4v) is 1.98. The van der Waals surface area contributed by atoms with Gasteiger partial charge in [0.15, 0.2) is 0 Å². The molecule has 0 N–H and O–H groups in total. The highest BCUT2D eigenvalue weighted by atomic mass is 16.2. The van der Waals surface area contributed by atoms with E-state index in [0.717, 1.165) is 13.1 Å². The third-order valence-electron chi connectivity index (χ3n) is 3.32. The fraction of sp³-hybridized carbons (Fsp3) is 0.571. The Hall–Kier alpha value is -1.58. The molecule has 1 aromatic rings. The molecule has 0 aromatic carbocycles. The number of allylic oxidation sites excluding steroid dienone is 1. The highest BCUT2D eigenvalue weighted by Crippen LogP contribution is 2.25. The van der Waals surface area contributed by atoms with Crippen LogP contribution in [0.1, 0.15) is 39.3 Å². The van der Waals surface area contributed by atoms with Crippen molar-refractivity contribution in [1.29, 1.82) is 0 Å². The minimum atomic E-state index is 0.0944. The lowest BCUT2D eigenvalue weighted by Crippen LogP contribution is -2.50.